The van der Waals surface area contributed by atoms with E-state index < -0.39 is 0 Å². The van der Waals surface area contributed by atoms with Gasteiger partial charge in [-0.05, 0) is 42.2 Å². The van der Waals surface area contributed by atoms with Crippen molar-refractivity contribution in [1.29, 1.82) is 0 Å². The van der Waals surface area contributed by atoms with E-state index in [0.29, 0.717) is 35.1 Å². The summed E-state index contributed by atoms with van der Waals surface area (Å²) < 4.78 is 6.15. The molecule has 5 rings (SSSR count). The number of fused-ring (bicyclic) bond motifs is 1. The first kappa shape index (κ1) is 21.1. The van der Waals surface area contributed by atoms with Gasteiger partial charge in [-0.15, -0.1) is 0 Å². The van der Waals surface area contributed by atoms with Gasteiger partial charge in [0.15, 0.2) is 0 Å². The predicted molar refractivity (Wildman–Crippen MR) is 125 cm³/mol. The fourth-order valence-electron chi connectivity index (χ4n) is 4.57. The maximum absolute atomic E-state index is 11.6. The van der Waals surface area contributed by atoms with Gasteiger partial charge in [-0.1, -0.05) is 41.4 Å². The van der Waals surface area contributed by atoms with Crippen molar-refractivity contribution in [2.24, 2.45) is 5.92 Å². The Labute approximate surface area is 193 Å². The van der Waals surface area contributed by atoms with Gasteiger partial charge in [0.05, 0.1) is 28.4 Å². The second-order valence-electron chi connectivity index (χ2n) is 8.75. The molecule has 1 aliphatic carbocycles. The molecule has 0 spiro atoms. The van der Waals surface area contributed by atoms with Crippen molar-refractivity contribution in [3.8, 4) is 0 Å². The molecule has 5 nitrogen and oxygen atoms in total. The average molecular weight is 460 g/mol. The van der Waals surface area contributed by atoms with E-state index >= 15 is 0 Å². The molecule has 1 N–H and O–H groups in total. The molecule has 31 heavy (non-hydrogen) atoms. The standard InChI is InChI=1S/C24H27Cl2N3O2/c25-19-2-1-3-21(24(19)26)29-10-8-28(9-11-29)14-18-13-22(18)31-15-16-4-5-17-6-7-23(30)27-20(17)12-16/h1-5,12,18,22H,6-11,13-15H2,(H,27,30)/t18-,22+/m0/s1. The molecule has 2 atom stereocenters. The lowest BCUT2D eigenvalue weighted by molar-refractivity contribution is -0.116. The van der Waals surface area contributed by atoms with E-state index in [1.54, 1.807) is 0 Å². The highest BCUT2D eigenvalue weighted by Gasteiger charge is 2.39. The number of carbonyl (C=O) groups is 1. The molecule has 2 aromatic rings. The minimum atomic E-state index is 0.102. The van der Waals surface area contributed by atoms with E-state index in [9.17, 15) is 4.79 Å². The first-order chi connectivity index (χ1) is 15.1. The number of aryl methyl sites for hydroxylation is 1. The van der Waals surface area contributed by atoms with Gasteiger partial charge < -0.3 is 15.0 Å². The molecule has 2 fully saturated rings. The summed E-state index contributed by atoms with van der Waals surface area (Å²) in [4.78, 5) is 16.5. The second-order valence-corrected chi connectivity index (χ2v) is 9.53. The molecule has 2 aliphatic heterocycles. The number of hydrogen-bond donors (Lipinski definition) is 1. The molecule has 1 saturated carbocycles. The van der Waals surface area contributed by atoms with E-state index in [4.69, 9.17) is 27.9 Å². The SMILES string of the molecule is O=C1CCc2ccc(CO[C@@H]3C[C@H]3CN3CCN(c4cccc(Cl)c4Cl)CC3)cc2N1. The Morgan fingerprint density at radius 2 is 1.90 bits per heavy atom. The van der Waals surface area contributed by atoms with Gasteiger partial charge in [-0.25, -0.2) is 0 Å². The first-order valence-electron chi connectivity index (χ1n) is 11.0. The number of carbonyl (C=O) groups excluding carboxylic acids is 1. The van der Waals surface area contributed by atoms with Crippen LogP contribution < -0.4 is 10.2 Å². The summed E-state index contributed by atoms with van der Waals surface area (Å²) in [7, 11) is 0. The summed E-state index contributed by atoms with van der Waals surface area (Å²) in [6.07, 6.45) is 2.87. The lowest BCUT2D eigenvalue weighted by atomic mass is 10.0. The molecule has 3 aliphatic rings. The van der Waals surface area contributed by atoms with Gasteiger partial charge in [-0.2, -0.15) is 0 Å². The number of nitrogens with zero attached hydrogens (tertiary/aromatic N) is 2. The molecular formula is C24H27Cl2N3O2. The fraction of sp³-hybridized carbons (Fsp3) is 0.458. The van der Waals surface area contributed by atoms with Crippen LogP contribution in [0.5, 0.6) is 0 Å². The first-order valence-corrected chi connectivity index (χ1v) is 11.8. The Morgan fingerprint density at radius 3 is 2.74 bits per heavy atom. The summed E-state index contributed by atoms with van der Waals surface area (Å²) in [5.41, 5.74) is 4.31. The van der Waals surface area contributed by atoms with Crippen LogP contribution in [0.3, 0.4) is 0 Å². The van der Waals surface area contributed by atoms with Crippen LogP contribution in [-0.4, -0.2) is 49.6 Å². The minimum absolute atomic E-state index is 0.102. The molecule has 0 unspecified atom stereocenters. The summed E-state index contributed by atoms with van der Waals surface area (Å²) in [5.74, 6) is 0.712. The van der Waals surface area contributed by atoms with Crippen LogP contribution in [0.1, 0.15) is 24.0 Å². The fourth-order valence-corrected chi connectivity index (χ4v) is 4.98. The molecule has 0 aromatic heterocycles. The van der Waals surface area contributed by atoms with Crippen LogP contribution in [0.25, 0.3) is 0 Å². The second kappa shape index (κ2) is 8.99. The van der Waals surface area contributed by atoms with E-state index in [1.165, 1.54) is 5.56 Å². The van der Waals surface area contributed by atoms with Crippen LogP contribution in [0.4, 0.5) is 11.4 Å². The minimum Gasteiger partial charge on any atom is -0.373 e. The third kappa shape index (κ3) is 4.85. The number of hydrogen-bond acceptors (Lipinski definition) is 4. The van der Waals surface area contributed by atoms with Crippen molar-refractivity contribution >= 4 is 40.5 Å². The Hall–Kier alpha value is -1.79. The van der Waals surface area contributed by atoms with Crippen molar-refractivity contribution < 1.29 is 9.53 Å². The Morgan fingerprint density at radius 1 is 1.06 bits per heavy atom. The number of nitrogens with one attached hydrogen (secondary N) is 1. The van der Waals surface area contributed by atoms with Crippen LogP contribution >= 0.6 is 23.2 Å². The Balaban J connectivity index is 1.07. The van der Waals surface area contributed by atoms with Crippen molar-refractivity contribution in [1.82, 2.24) is 4.90 Å². The molecule has 0 bridgehead atoms. The molecule has 1 saturated heterocycles. The maximum atomic E-state index is 11.6. The molecule has 1 amide bonds. The van der Waals surface area contributed by atoms with Crippen LogP contribution in [0, 0.1) is 5.92 Å². The van der Waals surface area contributed by atoms with Gasteiger partial charge in [-0.3, -0.25) is 9.69 Å². The van der Waals surface area contributed by atoms with Gasteiger partial charge in [0, 0.05) is 50.7 Å². The maximum Gasteiger partial charge on any atom is 0.224 e. The number of benzene rings is 2. The van der Waals surface area contributed by atoms with Gasteiger partial charge in [0.25, 0.3) is 0 Å². The highest BCUT2D eigenvalue weighted by Crippen LogP contribution is 2.37. The predicted octanol–water partition coefficient (Wildman–Crippen LogP) is 4.61. The zero-order valence-electron chi connectivity index (χ0n) is 17.4. The van der Waals surface area contributed by atoms with E-state index in [-0.39, 0.29) is 5.91 Å². The lowest BCUT2D eigenvalue weighted by Crippen LogP contribution is -2.47. The third-order valence-corrected chi connectivity index (χ3v) is 7.34. The number of halogens is 2. The smallest absolute Gasteiger partial charge is 0.224 e. The Kier molecular flexibility index (Phi) is 6.11. The monoisotopic (exact) mass is 459 g/mol. The van der Waals surface area contributed by atoms with Gasteiger partial charge in [0.2, 0.25) is 5.91 Å². The summed E-state index contributed by atoms with van der Waals surface area (Å²) in [6, 6.07) is 12.1. The third-order valence-electron chi connectivity index (χ3n) is 6.53. The summed E-state index contributed by atoms with van der Waals surface area (Å²) >= 11 is 12.6. The van der Waals surface area contributed by atoms with Crippen LogP contribution in [0.2, 0.25) is 10.0 Å². The number of anilines is 2. The average Bonchev–Trinajstić information content (AvgIpc) is 3.52. The van der Waals surface area contributed by atoms with E-state index in [1.807, 2.05) is 18.2 Å². The number of piperazine rings is 1. The molecule has 164 valence electrons. The number of ether oxygens (including phenoxy) is 1. The zero-order chi connectivity index (χ0) is 21.4. The molecule has 2 aromatic carbocycles. The van der Waals surface area contributed by atoms with Crippen molar-refractivity contribution in [3.63, 3.8) is 0 Å². The normalized spacial score (nSPS) is 23.4. The molecular weight excluding hydrogens is 433 g/mol. The van der Waals surface area contributed by atoms with E-state index in [2.05, 4.69) is 33.3 Å². The van der Waals surface area contributed by atoms with Crippen LogP contribution in [-0.2, 0) is 22.6 Å². The number of rotatable bonds is 6. The van der Waals surface area contributed by atoms with Crippen molar-refractivity contribution in [2.45, 2.75) is 32.0 Å². The molecule has 2 heterocycles. The molecule has 7 heteroatoms. The van der Waals surface area contributed by atoms with Crippen molar-refractivity contribution in [2.75, 3.05) is 42.9 Å². The lowest BCUT2D eigenvalue weighted by Gasteiger charge is -2.36. The number of amides is 1. The van der Waals surface area contributed by atoms with Gasteiger partial charge >= 0.3 is 0 Å². The summed E-state index contributed by atoms with van der Waals surface area (Å²) in [6.45, 7) is 5.65. The highest BCUT2D eigenvalue weighted by molar-refractivity contribution is 6.43. The Bertz CT molecular complexity index is 975. The molecule has 0 radical (unpaired) electrons. The van der Waals surface area contributed by atoms with Gasteiger partial charge in [0.1, 0.15) is 0 Å². The summed E-state index contributed by atoms with van der Waals surface area (Å²) in [5, 5.41) is 4.23. The van der Waals surface area contributed by atoms with E-state index in [0.717, 1.165) is 62.5 Å². The zero-order valence-corrected chi connectivity index (χ0v) is 19.0. The topological polar surface area (TPSA) is 44.8 Å². The largest absolute Gasteiger partial charge is 0.373 e. The van der Waals surface area contributed by atoms with Crippen molar-refractivity contribution in [3.05, 3.63) is 57.6 Å². The van der Waals surface area contributed by atoms with Crippen LogP contribution in [0.15, 0.2) is 36.4 Å². The quantitative estimate of drug-likeness (QED) is 0.684. The highest BCUT2D eigenvalue weighted by atomic mass is 35.5.